The van der Waals surface area contributed by atoms with E-state index < -0.39 is 0 Å². The first-order valence-corrected chi connectivity index (χ1v) is 3.28. The Morgan fingerprint density at radius 3 is 2.78 bits per heavy atom. The molecule has 0 spiro atoms. The maximum absolute atomic E-state index is 10.8. The van der Waals surface area contributed by atoms with Crippen molar-refractivity contribution in [3.8, 4) is 0 Å². The van der Waals surface area contributed by atoms with Crippen molar-refractivity contribution in [1.29, 1.82) is 0 Å². The van der Waals surface area contributed by atoms with Gasteiger partial charge in [-0.1, -0.05) is 0 Å². The van der Waals surface area contributed by atoms with Crippen molar-refractivity contribution in [3.63, 3.8) is 0 Å². The van der Waals surface area contributed by atoms with Crippen LogP contribution >= 0.6 is 0 Å². The predicted molar refractivity (Wildman–Crippen MR) is 30.9 cm³/mol. The largest absolute Gasteiger partial charge is 0.464 e. The van der Waals surface area contributed by atoms with Crippen molar-refractivity contribution in [1.82, 2.24) is 4.90 Å². The van der Waals surface area contributed by atoms with Crippen LogP contribution in [0.5, 0.6) is 0 Å². The Kier molecular flexibility index (Phi) is 0.990. The van der Waals surface area contributed by atoms with Crippen molar-refractivity contribution >= 4 is 5.97 Å². The van der Waals surface area contributed by atoms with Crippen LogP contribution in [0.4, 0.5) is 0 Å². The number of esters is 1. The molecule has 2 saturated heterocycles. The van der Waals surface area contributed by atoms with E-state index in [9.17, 15) is 4.79 Å². The Labute approximate surface area is 53.6 Å². The van der Waals surface area contributed by atoms with Crippen LogP contribution in [0.2, 0.25) is 0 Å². The van der Waals surface area contributed by atoms with Crippen molar-refractivity contribution < 1.29 is 9.53 Å². The van der Waals surface area contributed by atoms with Crippen LogP contribution in [0.1, 0.15) is 6.42 Å². The van der Waals surface area contributed by atoms with Crippen molar-refractivity contribution in [2.24, 2.45) is 0 Å². The van der Waals surface area contributed by atoms with E-state index in [0.717, 1.165) is 19.5 Å². The van der Waals surface area contributed by atoms with Gasteiger partial charge in [0, 0.05) is 19.5 Å². The first-order chi connectivity index (χ1) is 4.38. The lowest BCUT2D eigenvalue weighted by atomic mass is 10.2. The summed E-state index contributed by atoms with van der Waals surface area (Å²) in [5, 5.41) is 0. The van der Waals surface area contributed by atoms with Gasteiger partial charge in [-0.3, -0.25) is 9.69 Å². The standard InChI is InChI=1S/C6H9NO2/c8-6-5(1-4-9-6)7-2-3-7/h5H,1-4H2/t5-/m0/s1. The summed E-state index contributed by atoms with van der Waals surface area (Å²) >= 11 is 0. The average Bonchev–Trinajstić information content (AvgIpc) is 2.58. The molecule has 0 unspecified atom stereocenters. The number of ether oxygens (including phenoxy) is 1. The highest BCUT2D eigenvalue weighted by Crippen LogP contribution is 2.19. The van der Waals surface area contributed by atoms with Gasteiger partial charge in [-0.15, -0.1) is 0 Å². The second kappa shape index (κ2) is 1.70. The highest BCUT2D eigenvalue weighted by atomic mass is 16.5. The third-order valence-electron chi connectivity index (χ3n) is 1.83. The monoisotopic (exact) mass is 127 g/mol. The molecule has 0 aromatic rings. The van der Waals surface area contributed by atoms with Crippen LogP contribution in [0.25, 0.3) is 0 Å². The Hall–Kier alpha value is -0.570. The van der Waals surface area contributed by atoms with Crippen molar-refractivity contribution in [2.45, 2.75) is 12.5 Å². The van der Waals surface area contributed by atoms with E-state index in [1.165, 1.54) is 0 Å². The zero-order valence-corrected chi connectivity index (χ0v) is 5.17. The Morgan fingerprint density at radius 1 is 1.56 bits per heavy atom. The molecule has 2 fully saturated rings. The van der Waals surface area contributed by atoms with E-state index in [4.69, 9.17) is 4.74 Å². The summed E-state index contributed by atoms with van der Waals surface area (Å²) in [6.07, 6.45) is 0.902. The van der Waals surface area contributed by atoms with Gasteiger partial charge in [-0.25, -0.2) is 0 Å². The van der Waals surface area contributed by atoms with Crippen LogP contribution in [0.15, 0.2) is 0 Å². The molecule has 2 aliphatic heterocycles. The molecule has 2 heterocycles. The minimum atomic E-state index is -0.0208. The molecule has 0 amide bonds. The molecule has 3 heteroatoms. The van der Waals surface area contributed by atoms with E-state index in [1.807, 2.05) is 0 Å². The molecular weight excluding hydrogens is 118 g/mol. The molecule has 0 N–H and O–H groups in total. The molecule has 2 rings (SSSR count). The highest BCUT2D eigenvalue weighted by molar-refractivity contribution is 5.77. The predicted octanol–water partition coefficient (Wildman–Crippen LogP) is -0.383. The number of hydrogen-bond donors (Lipinski definition) is 0. The van der Waals surface area contributed by atoms with Gasteiger partial charge in [0.05, 0.1) is 6.61 Å². The van der Waals surface area contributed by atoms with Gasteiger partial charge in [-0.05, 0) is 0 Å². The van der Waals surface area contributed by atoms with E-state index in [-0.39, 0.29) is 12.0 Å². The second-order valence-corrected chi connectivity index (χ2v) is 2.51. The van der Waals surface area contributed by atoms with Crippen LogP contribution in [-0.2, 0) is 9.53 Å². The first-order valence-electron chi connectivity index (χ1n) is 3.28. The third-order valence-corrected chi connectivity index (χ3v) is 1.83. The topological polar surface area (TPSA) is 29.3 Å². The zero-order chi connectivity index (χ0) is 6.27. The summed E-state index contributed by atoms with van der Waals surface area (Å²) in [5.41, 5.74) is 0. The van der Waals surface area contributed by atoms with E-state index >= 15 is 0 Å². The highest BCUT2D eigenvalue weighted by Gasteiger charge is 2.37. The maximum Gasteiger partial charge on any atom is 0.323 e. The lowest BCUT2D eigenvalue weighted by molar-refractivity contribution is -0.140. The molecule has 1 atom stereocenters. The molecule has 9 heavy (non-hydrogen) atoms. The van der Waals surface area contributed by atoms with E-state index in [2.05, 4.69) is 4.90 Å². The van der Waals surface area contributed by atoms with Crippen LogP contribution in [0, 0.1) is 0 Å². The molecule has 0 bridgehead atoms. The summed E-state index contributed by atoms with van der Waals surface area (Å²) in [6, 6.07) is 0.116. The molecular formula is C6H9NO2. The Balaban J connectivity index is 2.01. The second-order valence-electron chi connectivity index (χ2n) is 2.51. The minimum absolute atomic E-state index is 0.0208. The normalized spacial score (nSPS) is 34.7. The van der Waals surface area contributed by atoms with Gasteiger partial charge in [0.1, 0.15) is 6.04 Å². The maximum atomic E-state index is 10.8. The molecule has 0 aromatic heterocycles. The lowest BCUT2D eigenvalue weighted by Crippen LogP contribution is -2.23. The Morgan fingerprint density at radius 2 is 2.33 bits per heavy atom. The summed E-state index contributed by atoms with van der Waals surface area (Å²) in [7, 11) is 0. The van der Waals surface area contributed by atoms with E-state index in [1.54, 1.807) is 0 Å². The third kappa shape index (κ3) is 0.812. The van der Waals surface area contributed by atoms with Gasteiger partial charge in [-0.2, -0.15) is 0 Å². The van der Waals surface area contributed by atoms with Crippen LogP contribution < -0.4 is 0 Å². The van der Waals surface area contributed by atoms with E-state index in [0.29, 0.717) is 6.61 Å². The molecule has 0 saturated carbocycles. The molecule has 2 aliphatic rings. The first kappa shape index (κ1) is 5.23. The number of nitrogens with zero attached hydrogens (tertiary/aromatic N) is 1. The van der Waals surface area contributed by atoms with Crippen molar-refractivity contribution in [3.05, 3.63) is 0 Å². The SMILES string of the molecule is O=C1OCC[C@@H]1N1CC1. The zero-order valence-electron chi connectivity index (χ0n) is 5.17. The number of cyclic esters (lactones) is 1. The summed E-state index contributed by atoms with van der Waals surface area (Å²) < 4.78 is 4.79. The van der Waals surface area contributed by atoms with Gasteiger partial charge >= 0.3 is 5.97 Å². The van der Waals surface area contributed by atoms with Gasteiger partial charge in [0.2, 0.25) is 0 Å². The number of rotatable bonds is 1. The summed E-state index contributed by atoms with van der Waals surface area (Å²) in [4.78, 5) is 12.9. The molecule has 0 aromatic carbocycles. The number of carbonyl (C=O) groups excluding carboxylic acids is 1. The smallest absolute Gasteiger partial charge is 0.323 e. The molecule has 50 valence electrons. The molecule has 0 radical (unpaired) electrons. The van der Waals surface area contributed by atoms with Gasteiger partial charge in [0.15, 0.2) is 0 Å². The number of carbonyl (C=O) groups is 1. The Bertz CT molecular complexity index is 142. The minimum Gasteiger partial charge on any atom is -0.464 e. The quantitative estimate of drug-likeness (QED) is 0.355. The lowest BCUT2D eigenvalue weighted by Gasteiger charge is -2.02. The fourth-order valence-corrected chi connectivity index (χ4v) is 1.19. The molecule has 3 nitrogen and oxygen atoms in total. The summed E-state index contributed by atoms with van der Waals surface area (Å²) in [6.45, 7) is 2.79. The average molecular weight is 127 g/mol. The molecule has 0 aliphatic carbocycles. The fraction of sp³-hybridized carbons (Fsp3) is 0.833. The van der Waals surface area contributed by atoms with Crippen LogP contribution in [0.3, 0.4) is 0 Å². The summed E-state index contributed by atoms with van der Waals surface area (Å²) in [5.74, 6) is -0.0208. The van der Waals surface area contributed by atoms with Crippen LogP contribution in [-0.4, -0.2) is 36.6 Å². The van der Waals surface area contributed by atoms with Gasteiger partial charge < -0.3 is 4.74 Å². The van der Waals surface area contributed by atoms with Crippen molar-refractivity contribution in [2.75, 3.05) is 19.7 Å². The van der Waals surface area contributed by atoms with Gasteiger partial charge in [0.25, 0.3) is 0 Å². The number of hydrogen-bond acceptors (Lipinski definition) is 3. The fourth-order valence-electron chi connectivity index (χ4n) is 1.19.